The van der Waals surface area contributed by atoms with E-state index >= 15 is 0 Å². The third kappa shape index (κ3) is 3.66. The van der Waals surface area contributed by atoms with E-state index in [9.17, 15) is 4.79 Å². The molecule has 1 atom stereocenters. The highest BCUT2D eigenvalue weighted by Gasteiger charge is 2.35. The van der Waals surface area contributed by atoms with Gasteiger partial charge in [0.25, 0.3) is 0 Å². The zero-order chi connectivity index (χ0) is 19.6. The van der Waals surface area contributed by atoms with Crippen molar-refractivity contribution in [2.75, 3.05) is 21.3 Å². The van der Waals surface area contributed by atoms with E-state index in [1.165, 1.54) is 33.3 Å². The standard InChI is InChI=1S/C19H19IN2O5/c1-11(23)22-19(27-18(21-22)13-7-5-6-8-14(13)20)12-9-15(24-2)17(26-4)16(10-12)25-3/h5-10,19H,1-4H3/t19-/m0/s1. The van der Waals surface area contributed by atoms with E-state index < -0.39 is 6.23 Å². The number of rotatable bonds is 5. The third-order valence-electron chi connectivity index (χ3n) is 4.04. The zero-order valence-corrected chi connectivity index (χ0v) is 17.5. The molecule has 0 bridgehead atoms. The fourth-order valence-corrected chi connectivity index (χ4v) is 3.39. The van der Waals surface area contributed by atoms with Crippen LogP contribution in [0, 0.1) is 3.57 Å². The fraction of sp³-hybridized carbons (Fsp3) is 0.263. The van der Waals surface area contributed by atoms with Gasteiger partial charge in [-0.3, -0.25) is 4.79 Å². The van der Waals surface area contributed by atoms with Crippen molar-refractivity contribution in [3.05, 3.63) is 51.1 Å². The third-order valence-corrected chi connectivity index (χ3v) is 4.98. The summed E-state index contributed by atoms with van der Waals surface area (Å²) < 4.78 is 23.2. The van der Waals surface area contributed by atoms with Gasteiger partial charge in [0.1, 0.15) is 0 Å². The highest BCUT2D eigenvalue weighted by molar-refractivity contribution is 14.1. The maximum atomic E-state index is 12.2. The van der Waals surface area contributed by atoms with Crippen LogP contribution in [0.2, 0.25) is 0 Å². The maximum Gasteiger partial charge on any atom is 0.243 e. The Morgan fingerprint density at radius 2 is 1.74 bits per heavy atom. The summed E-state index contributed by atoms with van der Waals surface area (Å²) in [6.45, 7) is 1.44. The van der Waals surface area contributed by atoms with Gasteiger partial charge in [0.05, 0.1) is 26.9 Å². The highest BCUT2D eigenvalue weighted by atomic mass is 127. The Kier molecular flexibility index (Phi) is 5.73. The highest BCUT2D eigenvalue weighted by Crippen LogP contribution is 2.42. The first-order valence-corrected chi connectivity index (χ1v) is 9.17. The molecule has 2 aromatic carbocycles. The van der Waals surface area contributed by atoms with Gasteiger partial charge in [-0.2, -0.15) is 5.01 Å². The van der Waals surface area contributed by atoms with E-state index in [0.717, 1.165) is 9.13 Å². The van der Waals surface area contributed by atoms with Crippen molar-refractivity contribution in [3.8, 4) is 17.2 Å². The zero-order valence-electron chi connectivity index (χ0n) is 15.4. The lowest BCUT2D eigenvalue weighted by Crippen LogP contribution is -2.25. The minimum absolute atomic E-state index is 0.241. The molecule has 1 amide bonds. The molecule has 0 aliphatic carbocycles. The van der Waals surface area contributed by atoms with Gasteiger partial charge >= 0.3 is 0 Å². The molecule has 0 aromatic heterocycles. The molecule has 0 saturated heterocycles. The van der Waals surface area contributed by atoms with Gasteiger partial charge < -0.3 is 18.9 Å². The second kappa shape index (κ2) is 8.03. The average molecular weight is 482 g/mol. The smallest absolute Gasteiger partial charge is 0.243 e. The quantitative estimate of drug-likeness (QED) is 0.610. The first-order valence-electron chi connectivity index (χ1n) is 8.10. The molecule has 0 fully saturated rings. The molecule has 8 heteroatoms. The van der Waals surface area contributed by atoms with Crippen LogP contribution in [-0.2, 0) is 9.53 Å². The fourth-order valence-electron chi connectivity index (χ4n) is 2.77. The second-order valence-electron chi connectivity index (χ2n) is 5.68. The summed E-state index contributed by atoms with van der Waals surface area (Å²) in [6, 6.07) is 11.2. The van der Waals surface area contributed by atoms with Gasteiger partial charge in [-0.05, 0) is 46.9 Å². The van der Waals surface area contributed by atoms with Crippen LogP contribution in [0.25, 0.3) is 0 Å². The summed E-state index contributed by atoms with van der Waals surface area (Å²) in [5.41, 5.74) is 1.48. The predicted molar refractivity (Wildman–Crippen MR) is 108 cm³/mol. The van der Waals surface area contributed by atoms with Crippen molar-refractivity contribution in [2.45, 2.75) is 13.2 Å². The molecule has 3 rings (SSSR count). The molecule has 0 radical (unpaired) electrons. The van der Waals surface area contributed by atoms with Crippen molar-refractivity contribution >= 4 is 34.4 Å². The molecule has 7 nitrogen and oxygen atoms in total. The molecule has 142 valence electrons. The Labute approximate surface area is 171 Å². The minimum atomic E-state index is -0.734. The number of halogens is 1. The van der Waals surface area contributed by atoms with Gasteiger partial charge in [-0.15, -0.1) is 5.10 Å². The average Bonchev–Trinajstić information content (AvgIpc) is 3.12. The molecule has 1 heterocycles. The molecule has 27 heavy (non-hydrogen) atoms. The lowest BCUT2D eigenvalue weighted by Gasteiger charge is -2.21. The summed E-state index contributed by atoms with van der Waals surface area (Å²) >= 11 is 2.21. The number of carbonyl (C=O) groups excluding carboxylic acids is 1. The molecular weight excluding hydrogens is 463 g/mol. The maximum absolute atomic E-state index is 12.2. The van der Waals surface area contributed by atoms with Crippen LogP contribution in [0.4, 0.5) is 0 Å². The van der Waals surface area contributed by atoms with Crippen LogP contribution in [0.5, 0.6) is 17.2 Å². The van der Waals surface area contributed by atoms with Gasteiger partial charge in [0, 0.05) is 16.1 Å². The number of carbonyl (C=O) groups is 1. The number of nitrogens with zero attached hydrogens (tertiary/aromatic N) is 2. The van der Waals surface area contributed by atoms with Crippen molar-refractivity contribution < 1.29 is 23.7 Å². The Morgan fingerprint density at radius 3 is 2.26 bits per heavy atom. The lowest BCUT2D eigenvalue weighted by molar-refractivity contribution is -0.135. The van der Waals surface area contributed by atoms with Gasteiger partial charge in [-0.1, -0.05) is 12.1 Å². The number of hydrazone groups is 1. The van der Waals surface area contributed by atoms with E-state index in [4.69, 9.17) is 18.9 Å². The van der Waals surface area contributed by atoms with Crippen molar-refractivity contribution in [1.82, 2.24) is 5.01 Å². The summed E-state index contributed by atoms with van der Waals surface area (Å²) in [6.07, 6.45) is -0.734. The number of hydrogen-bond donors (Lipinski definition) is 0. The van der Waals surface area contributed by atoms with Crippen LogP contribution >= 0.6 is 22.6 Å². The summed E-state index contributed by atoms with van der Waals surface area (Å²) in [5.74, 6) is 1.56. The van der Waals surface area contributed by atoms with Crippen molar-refractivity contribution in [2.24, 2.45) is 5.10 Å². The van der Waals surface area contributed by atoms with Crippen molar-refractivity contribution in [1.29, 1.82) is 0 Å². The minimum Gasteiger partial charge on any atom is -0.493 e. The topological polar surface area (TPSA) is 69.6 Å². The summed E-state index contributed by atoms with van der Waals surface area (Å²) in [7, 11) is 4.60. The molecule has 0 unspecified atom stereocenters. The van der Waals surface area contributed by atoms with Crippen LogP contribution in [-0.4, -0.2) is 38.1 Å². The Morgan fingerprint density at radius 1 is 1.11 bits per heavy atom. The number of hydrogen-bond acceptors (Lipinski definition) is 6. The molecule has 0 N–H and O–H groups in total. The first kappa shape index (κ1) is 19.3. The van der Waals surface area contributed by atoms with E-state index in [1.807, 2.05) is 24.3 Å². The van der Waals surface area contributed by atoms with E-state index in [2.05, 4.69) is 27.7 Å². The normalized spacial score (nSPS) is 15.8. The second-order valence-corrected chi connectivity index (χ2v) is 6.84. The Balaban J connectivity index is 2.04. The van der Waals surface area contributed by atoms with Crippen molar-refractivity contribution in [3.63, 3.8) is 0 Å². The summed E-state index contributed by atoms with van der Waals surface area (Å²) in [5, 5.41) is 5.70. The van der Waals surface area contributed by atoms with Gasteiger partial charge in [0.15, 0.2) is 11.5 Å². The van der Waals surface area contributed by atoms with Crippen LogP contribution in [0.3, 0.4) is 0 Å². The monoisotopic (exact) mass is 482 g/mol. The molecule has 0 saturated carbocycles. The predicted octanol–water partition coefficient (Wildman–Crippen LogP) is 3.56. The van der Waals surface area contributed by atoms with Crippen LogP contribution in [0.15, 0.2) is 41.5 Å². The molecule has 0 spiro atoms. The largest absolute Gasteiger partial charge is 0.493 e. The van der Waals surface area contributed by atoms with E-state index in [1.54, 1.807) is 12.1 Å². The summed E-state index contributed by atoms with van der Waals surface area (Å²) in [4.78, 5) is 12.2. The van der Waals surface area contributed by atoms with E-state index in [-0.39, 0.29) is 5.91 Å². The van der Waals surface area contributed by atoms with Gasteiger partial charge in [-0.25, -0.2) is 0 Å². The lowest BCUT2D eigenvalue weighted by atomic mass is 10.1. The molecule has 1 aliphatic heterocycles. The van der Waals surface area contributed by atoms with E-state index in [0.29, 0.717) is 28.7 Å². The Bertz CT molecular complexity index is 874. The van der Waals surface area contributed by atoms with Gasteiger partial charge in [0.2, 0.25) is 23.8 Å². The number of methoxy groups -OCH3 is 3. The molecule has 2 aromatic rings. The SMILES string of the molecule is COc1cc([C@@H]2OC(c3ccccc3I)=NN2C(C)=O)cc(OC)c1OC. The van der Waals surface area contributed by atoms with Crippen LogP contribution < -0.4 is 14.2 Å². The van der Waals surface area contributed by atoms with Crippen LogP contribution in [0.1, 0.15) is 24.3 Å². The number of amides is 1. The molecular formula is C19H19IN2O5. The number of ether oxygens (including phenoxy) is 4. The first-order chi connectivity index (χ1) is 13.0. The Hall–Kier alpha value is -2.49. The molecule has 1 aliphatic rings. The number of benzene rings is 2.